The Balaban J connectivity index is 1.81. The van der Waals surface area contributed by atoms with E-state index in [1.54, 1.807) is 0 Å². The van der Waals surface area contributed by atoms with Gasteiger partial charge in [0.25, 0.3) is 10.1 Å². The third-order valence-electron chi connectivity index (χ3n) is 4.17. The molecule has 4 heteroatoms. The lowest BCUT2D eigenvalue weighted by molar-refractivity contribution is 0.102. The highest BCUT2D eigenvalue weighted by atomic mass is 32.2. The minimum absolute atomic E-state index is 0.405. The van der Waals surface area contributed by atoms with Gasteiger partial charge in [-0.2, -0.15) is 8.42 Å². The second kappa shape index (κ2) is 5.05. The number of hydrogen-bond acceptors (Lipinski definition) is 3. The zero-order valence-electron chi connectivity index (χ0n) is 10.0. The molecule has 94 valence electrons. The van der Waals surface area contributed by atoms with Crippen LogP contribution in [-0.4, -0.2) is 21.3 Å². The summed E-state index contributed by atoms with van der Waals surface area (Å²) in [6.45, 7) is 0.405. The summed E-state index contributed by atoms with van der Waals surface area (Å²) in [5.41, 5.74) is 0. The highest BCUT2D eigenvalue weighted by Crippen LogP contribution is 2.42. The molecule has 0 aromatic rings. The van der Waals surface area contributed by atoms with Gasteiger partial charge >= 0.3 is 0 Å². The number of hydrogen-bond donors (Lipinski definition) is 0. The molecular formula is C12H22O3S. The molecule has 0 aliphatic heterocycles. The second-order valence-electron chi connectivity index (χ2n) is 5.47. The fourth-order valence-corrected chi connectivity index (χ4v) is 3.78. The van der Waals surface area contributed by atoms with Crippen molar-refractivity contribution in [3.8, 4) is 0 Å². The van der Waals surface area contributed by atoms with Gasteiger partial charge in [-0.05, 0) is 37.0 Å². The summed E-state index contributed by atoms with van der Waals surface area (Å²) in [5.74, 6) is 2.23. The highest BCUT2D eigenvalue weighted by Gasteiger charge is 2.32. The Bertz CT molecular complexity index is 323. The third kappa shape index (κ3) is 3.45. The number of fused-ring (bicyclic) bond motifs is 1. The van der Waals surface area contributed by atoms with Crippen LogP contribution in [0.4, 0.5) is 0 Å². The van der Waals surface area contributed by atoms with Gasteiger partial charge < -0.3 is 0 Å². The van der Waals surface area contributed by atoms with Crippen molar-refractivity contribution in [2.75, 3.05) is 12.9 Å². The van der Waals surface area contributed by atoms with Crippen molar-refractivity contribution in [2.45, 2.75) is 44.9 Å². The molecule has 2 rings (SSSR count). The summed E-state index contributed by atoms with van der Waals surface area (Å²) in [4.78, 5) is 0. The van der Waals surface area contributed by atoms with E-state index in [1.165, 1.54) is 38.5 Å². The Labute approximate surface area is 98.7 Å². The largest absolute Gasteiger partial charge is 0.270 e. The molecular weight excluding hydrogens is 224 g/mol. The predicted octanol–water partition coefficient (Wildman–Crippen LogP) is 2.57. The van der Waals surface area contributed by atoms with Crippen molar-refractivity contribution in [2.24, 2.45) is 17.8 Å². The van der Waals surface area contributed by atoms with Crippen molar-refractivity contribution >= 4 is 10.1 Å². The zero-order chi connectivity index (χ0) is 11.6. The number of rotatable bonds is 3. The Hall–Kier alpha value is -0.0900. The van der Waals surface area contributed by atoms with Gasteiger partial charge in [0.15, 0.2) is 0 Å². The molecule has 3 nitrogen and oxygen atoms in total. The SMILES string of the molecule is CS(=O)(=O)OCC1CCC2CCCCC2C1. The molecule has 0 aromatic heterocycles. The Kier molecular flexibility index (Phi) is 3.90. The van der Waals surface area contributed by atoms with Gasteiger partial charge in [-0.1, -0.05) is 25.7 Å². The molecule has 0 spiro atoms. The summed E-state index contributed by atoms with van der Waals surface area (Å²) in [7, 11) is -3.25. The minimum Gasteiger partial charge on any atom is -0.270 e. The lowest BCUT2D eigenvalue weighted by atomic mass is 9.68. The summed E-state index contributed by atoms with van der Waals surface area (Å²) in [6, 6.07) is 0. The van der Waals surface area contributed by atoms with E-state index in [4.69, 9.17) is 4.18 Å². The van der Waals surface area contributed by atoms with Gasteiger partial charge in [0.1, 0.15) is 0 Å². The van der Waals surface area contributed by atoms with E-state index in [0.29, 0.717) is 12.5 Å². The van der Waals surface area contributed by atoms with Gasteiger partial charge in [0, 0.05) is 0 Å². The smallest absolute Gasteiger partial charge is 0.264 e. The van der Waals surface area contributed by atoms with Crippen molar-refractivity contribution in [1.29, 1.82) is 0 Å². The summed E-state index contributed by atoms with van der Waals surface area (Å²) in [5, 5.41) is 0. The van der Waals surface area contributed by atoms with Gasteiger partial charge in [-0.25, -0.2) is 0 Å². The van der Waals surface area contributed by atoms with E-state index in [9.17, 15) is 8.42 Å². The molecule has 0 saturated heterocycles. The van der Waals surface area contributed by atoms with Gasteiger partial charge in [0.05, 0.1) is 12.9 Å². The van der Waals surface area contributed by atoms with Crippen molar-refractivity contribution in [3.63, 3.8) is 0 Å². The van der Waals surface area contributed by atoms with E-state index in [1.807, 2.05) is 0 Å². The van der Waals surface area contributed by atoms with E-state index < -0.39 is 10.1 Å². The lowest BCUT2D eigenvalue weighted by Gasteiger charge is -2.39. The molecule has 2 saturated carbocycles. The monoisotopic (exact) mass is 246 g/mol. The maximum absolute atomic E-state index is 10.9. The van der Waals surface area contributed by atoms with Crippen LogP contribution in [-0.2, 0) is 14.3 Å². The predicted molar refractivity (Wildman–Crippen MR) is 63.6 cm³/mol. The molecule has 0 aromatic carbocycles. The average Bonchev–Trinajstić information content (AvgIpc) is 2.25. The first-order chi connectivity index (χ1) is 7.54. The van der Waals surface area contributed by atoms with Crippen LogP contribution in [0.3, 0.4) is 0 Å². The maximum atomic E-state index is 10.9. The van der Waals surface area contributed by atoms with Crippen LogP contribution in [0.15, 0.2) is 0 Å². The second-order valence-corrected chi connectivity index (χ2v) is 7.12. The summed E-state index contributed by atoms with van der Waals surface area (Å²) < 4.78 is 26.8. The Morgan fingerprint density at radius 1 is 1.06 bits per heavy atom. The molecule has 0 amide bonds. The van der Waals surface area contributed by atoms with Crippen LogP contribution >= 0.6 is 0 Å². The van der Waals surface area contributed by atoms with Crippen LogP contribution < -0.4 is 0 Å². The van der Waals surface area contributed by atoms with E-state index in [-0.39, 0.29) is 0 Å². The first kappa shape index (κ1) is 12.4. The highest BCUT2D eigenvalue weighted by molar-refractivity contribution is 7.85. The minimum atomic E-state index is -3.25. The van der Waals surface area contributed by atoms with Crippen molar-refractivity contribution in [3.05, 3.63) is 0 Å². The normalized spacial score (nSPS) is 35.7. The van der Waals surface area contributed by atoms with Crippen molar-refractivity contribution in [1.82, 2.24) is 0 Å². The van der Waals surface area contributed by atoms with Crippen LogP contribution in [0.2, 0.25) is 0 Å². The maximum Gasteiger partial charge on any atom is 0.264 e. The molecule has 0 bridgehead atoms. The fourth-order valence-electron chi connectivity index (χ4n) is 3.34. The molecule has 16 heavy (non-hydrogen) atoms. The average molecular weight is 246 g/mol. The molecule has 3 unspecified atom stereocenters. The van der Waals surface area contributed by atoms with E-state index in [0.717, 1.165) is 24.5 Å². The third-order valence-corrected chi connectivity index (χ3v) is 4.73. The first-order valence-electron chi connectivity index (χ1n) is 6.39. The standard InChI is InChI=1S/C12H22O3S/c1-16(13,14)15-9-10-6-7-11-4-2-3-5-12(11)8-10/h10-12H,2-9H2,1H3. The van der Waals surface area contributed by atoms with Crippen LogP contribution in [0.5, 0.6) is 0 Å². The molecule has 2 fully saturated rings. The molecule has 2 aliphatic carbocycles. The molecule has 0 radical (unpaired) electrons. The molecule has 0 heterocycles. The zero-order valence-corrected chi connectivity index (χ0v) is 10.8. The molecule has 3 atom stereocenters. The van der Waals surface area contributed by atoms with Gasteiger partial charge in [-0.3, -0.25) is 4.18 Å². The lowest BCUT2D eigenvalue weighted by Crippen LogP contribution is -2.30. The molecule has 2 aliphatic rings. The Morgan fingerprint density at radius 3 is 2.44 bits per heavy atom. The molecule has 0 N–H and O–H groups in total. The van der Waals surface area contributed by atoms with E-state index >= 15 is 0 Å². The van der Waals surface area contributed by atoms with E-state index in [2.05, 4.69) is 0 Å². The summed E-state index contributed by atoms with van der Waals surface area (Å²) >= 11 is 0. The Morgan fingerprint density at radius 2 is 1.75 bits per heavy atom. The van der Waals surface area contributed by atoms with Crippen LogP contribution in [0, 0.1) is 17.8 Å². The quantitative estimate of drug-likeness (QED) is 0.719. The van der Waals surface area contributed by atoms with Crippen LogP contribution in [0.1, 0.15) is 44.9 Å². The topological polar surface area (TPSA) is 43.4 Å². The van der Waals surface area contributed by atoms with Gasteiger partial charge in [-0.15, -0.1) is 0 Å². The summed E-state index contributed by atoms with van der Waals surface area (Å²) in [6.07, 6.45) is 10.2. The van der Waals surface area contributed by atoms with Gasteiger partial charge in [0.2, 0.25) is 0 Å². The van der Waals surface area contributed by atoms with Crippen molar-refractivity contribution < 1.29 is 12.6 Å². The first-order valence-corrected chi connectivity index (χ1v) is 8.20. The van der Waals surface area contributed by atoms with Crippen LogP contribution in [0.25, 0.3) is 0 Å². The fraction of sp³-hybridized carbons (Fsp3) is 1.00.